The van der Waals surface area contributed by atoms with Gasteiger partial charge in [0.05, 0.1) is 0 Å². The van der Waals surface area contributed by atoms with Gasteiger partial charge in [-0.3, -0.25) is 0 Å². The van der Waals surface area contributed by atoms with E-state index < -0.39 is 0 Å². The molecule has 3 heteroatoms. The fraction of sp³-hybridized carbons (Fsp3) is 0.923. The zero-order chi connectivity index (χ0) is 12.0. The molecule has 1 fully saturated rings. The van der Waals surface area contributed by atoms with Crippen LogP contribution < -0.4 is 0 Å². The Balaban J connectivity index is 2.53. The Hall–Kier alpha value is -0.730. The normalized spacial score (nSPS) is 17.4. The van der Waals surface area contributed by atoms with Crippen molar-refractivity contribution in [2.75, 3.05) is 20.1 Å². The van der Waals surface area contributed by atoms with Gasteiger partial charge in [-0.1, -0.05) is 26.7 Å². The van der Waals surface area contributed by atoms with Crippen LogP contribution in [0.4, 0.5) is 4.79 Å². The summed E-state index contributed by atoms with van der Waals surface area (Å²) in [7, 11) is 1.95. The summed E-state index contributed by atoms with van der Waals surface area (Å²) < 4.78 is 0. The van der Waals surface area contributed by atoms with Crippen LogP contribution in [0.15, 0.2) is 0 Å². The van der Waals surface area contributed by atoms with Crippen LogP contribution in [0, 0.1) is 0 Å². The molecule has 0 bridgehead atoms. The van der Waals surface area contributed by atoms with Crippen LogP contribution in [-0.2, 0) is 0 Å². The summed E-state index contributed by atoms with van der Waals surface area (Å²) in [5, 5.41) is 0. The number of hydrogen-bond acceptors (Lipinski definition) is 1. The minimum atomic E-state index is 0.232. The van der Waals surface area contributed by atoms with Gasteiger partial charge < -0.3 is 9.80 Å². The van der Waals surface area contributed by atoms with Gasteiger partial charge in [0.1, 0.15) is 0 Å². The van der Waals surface area contributed by atoms with E-state index in [0.717, 1.165) is 25.9 Å². The number of urea groups is 1. The minimum absolute atomic E-state index is 0.232. The van der Waals surface area contributed by atoms with Gasteiger partial charge in [0, 0.05) is 26.2 Å². The van der Waals surface area contributed by atoms with Crippen molar-refractivity contribution in [2.45, 2.75) is 58.4 Å². The number of likely N-dealkylation sites (tertiary alicyclic amines) is 1. The fourth-order valence-electron chi connectivity index (χ4n) is 2.48. The average Bonchev–Trinajstić information content (AvgIpc) is 2.58. The number of carbonyl (C=O) groups is 1. The van der Waals surface area contributed by atoms with Gasteiger partial charge in [0.15, 0.2) is 0 Å². The largest absolute Gasteiger partial charge is 0.325 e. The highest BCUT2D eigenvalue weighted by Gasteiger charge is 2.22. The highest BCUT2D eigenvalue weighted by atomic mass is 16.2. The van der Waals surface area contributed by atoms with E-state index in [4.69, 9.17) is 0 Å². The number of amides is 2. The second-order valence-electron chi connectivity index (χ2n) is 4.77. The van der Waals surface area contributed by atoms with E-state index in [2.05, 4.69) is 13.8 Å². The van der Waals surface area contributed by atoms with Gasteiger partial charge in [-0.2, -0.15) is 0 Å². The second-order valence-corrected chi connectivity index (χ2v) is 4.77. The Bertz CT molecular complexity index is 202. The Labute approximate surface area is 99.8 Å². The Morgan fingerprint density at radius 1 is 1.12 bits per heavy atom. The summed E-state index contributed by atoms with van der Waals surface area (Å²) in [6.07, 6.45) is 6.99. The maximum atomic E-state index is 12.3. The average molecular weight is 226 g/mol. The van der Waals surface area contributed by atoms with Crippen molar-refractivity contribution in [2.24, 2.45) is 0 Å². The van der Waals surface area contributed by atoms with E-state index in [1.54, 1.807) is 0 Å². The predicted molar refractivity (Wildman–Crippen MR) is 67.6 cm³/mol. The smallest absolute Gasteiger partial charge is 0.319 e. The first kappa shape index (κ1) is 13.3. The monoisotopic (exact) mass is 226 g/mol. The van der Waals surface area contributed by atoms with Gasteiger partial charge in [-0.05, 0) is 25.7 Å². The summed E-state index contributed by atoms with van der Waals surface area (Å²) in [5.41, 5.74) is 0. The Morgan fingerprint density at radius 2 is 1.62 bits per heavy atom. The molecule has 0 radical (unpaired) electrons. The van der Waals surface area contributed by atoms with Crippen molar-refractivity contribution in [3.8, 4) is 0 Å². The summed E-state index contributed by atoms with van der Waals surface area (Å²) >= 11 is 0. The molecule has 3 nitrogen and oxygen atoms in total. The van der Waals surface area contributed by atoms with Crippen LogP contribution in [0.3, 0.4) is 0 Å². The summed E-state index contributed by atoms with van der Waals surface area (Å²) in [5.74, 6) is 0. The molecular weight excluding hydrogens is 200 g/mol. The first-order chi connectivity index (χ1) is 7.70. The topological polar surface area (TPSA) is 23.6 Å². The lowest BCUT2D eigenvalue weighted by Gasteiger charge is -2.32. The van der Waals surface area contributed by atoms with Gasteiger partial charge in [0.25, 0.3) is 0 Å². The van der Waals surface area contributed by atoms with Crippen LogP contribution in [0.1, 0.15) is 52.4 Å². The quantitative estimate of drug-likeness (QED) is 0.725. The standard InChI is InChI=1S/C13H26N2O/c1-4-12(5-2)14(3)13(16)15-10-8-6-7-9-11-15/h12H,4-11H2,1-3H3. The second kappa shape index (κ2) is 6.77. The lowest BCUT2D eigenvalue weighted by atomic mass is 10.1. The third-order valence-corrected chi connectivity index (χ3v) is 3.67. The minimum Gasteiger partial charge on any atom is -0.325 e. The fourth-order valence-corrected chi connectivity index (χ4v) is 2.48. The van der Waals surface area contributed by atoms with Crippen molar-refractivity contribution in [1.29, 1.82) is 0 Å². The molecule has 0 aromatic carbocycles. The van der Waals surface area contributed by atoms with E-state index >= 15 is 0 Å². The lowest BCUT2D eigenvalue weighted by Crippen LogP contribution is -2.46. The van der Waals surface area contributed by atoms with Crippen molar-refractivity contribution < 1.29 is 4.79 Å². The van der Waals surface area contributed by atoms with Gasteiger partial charge in [0.2, 0.25) is 0 Å². The summed E-state index contributed by atoms with van der Waals surface area (Å²) in [6, 6.07) is 0.631. The summed E-state index contributed by atoms with van der Waals surface area (Å²) in [4.78, 5) is 16.2. The number of rotatable bonds is 3. The van der Waals surface area contributed by atoms with Gasteiger partial charge >= 0.3 is 6.03 Å². The molecule has 1 aliphatic heterocycles. The zero-order valence-electron chi connectivity index (χ0n) is 11.0. The Kier molecular flexibility index (Phi) is 5.64. The molecule has 0 aromatic heterocycles. The van der Waals surface area contributed by atoms with Crippen molar-refractivity contribution in [3.05, 3.63) is 0 Å². The molecular formula is C13H26N2O. The van der Waals surface area contributed by atoms with E-state index in [0.29, 0.717) is 6.04 Å². The zero-order valence-corrected chi connectivity index (χ0v) is 11.0. The highest BCUT2D eigenvalue weighted by molar-refractivity contribution is 5.74. The third kappa shape index (κ3) is 3.39. The molecule has 94 valence electrons. The van der Waals surface area contributed by atoms with Crippen LogP contribution >= 0.6 is 0 Å². The summed E-state index contributed by atoms with van der Waals surface area (Å²) in [6.45, 7) is 6.20. The first-order valence-corrected chi connectivity index (χ1v) is 6.72. The van der Waals surface area contributed by atoms with Crippen LogP contribution in [0.5, 0.6) is 0 Å². The van der Waals surface area contributed by atoms with Crippen molar-refractivity contribution >= 4 is 6.03 Å². The predicted octanol–water partition coefficient (Wildman–Crippen LogP) is 3.10. The molecule has 0 aromatic rings. The van der Waals surface area contributed by atoms with Crippen LogP contribution in [0.25, 0.3) is 0 Å². The third-order valence-electron chi connectivity index (χ3n) is 3.67. The molecule has 1 rings (SSSR count). The van der Waals surface area contributed by atoms with E-state index in [1.165, 1.54) is 25.7 Å². The van der Waals surface area contributed by atoms with E-state index in [9.17, 15) is 4.79 Å². The molecule has 0 N–H and O–H groups in total. The Morgan fingerprint density at radius 3 is 2.06 bits per heavy atom. The van der Waals surface area contributed by atoms with Gasteiger partial charge in [-0.25, -0.2) is 4.79 Å². The number of carbonyl (C=O) groups excluding carboxylic acids is 1. The van der Waals surface area contributed by atoms with E-state index in [-0.39, 0.29) is 6.03 Å². The number of hydrogen-bond donors (Lipinski definition) is 0. The van der Waals surface area contributed by atoms with Gasteiger partial charge in [-0.15, -0.1) is 0 Å². The molecule has 0 aliphatic carbocycles. The maximum Gasteiger partial charge on any atom is 0.319 e. The van der Waals surface area contributed by atoms with Crippen LogP contribution in [0.2, 0.25) is 0 Å². The SMILES string of the molecule is CCC(CC)N(C)C(=O)N1CCCCCC1. The van der Waals surface area contributed by atoms with Crippen LogP contribution in [-0.4, -0.2) is 42.0 Å². The molecule has 1 heterocycles. The molecule has 0 saturated carbocycles. The molecule has 2 amide bonds. The molecule has 0 atom stereocenters. The van der Waals surface area contributed by atoms with E-state index in [1.807, 2.05) is 16.8 Å². The highest BCUT2D eigenvalue weighted by Crippen LogP contribution is 2.14. The van der Waals surface area contributed by atoms with Crippen molar-refractivity contribution in [3.63, 3.8) is 0 Å². The van der Waals surface area contributed by atoms with Crippen molar-refractivity contribution in [1.82, 2.24) is 9.80 Å². The molecule has 1 saturated heterocycles. The molecule has 1 aliphatic rings. The first-order valence-electron chi connectivity index (χ1n) is 6.72. The molecule has 0 unspecified atom stereocenters. The number of nitrogens with zero attached hydrogens (tertiary/aromatic N) is 2. The molecule has 16 heavy (non-hydrogen) atoms. The lowest BCUT2D eigenvalue weighted by molar-refractivity contribution is 0.145. The molecule has 0 spiro atoms. The maximum absolute atomic E-state index is 12.3.